The molecule has 1 amide bonds. The van der Waals surface area contributed by atoms with Crippen molar-refractivity contribution in [1.29, 1.82) is 0 Å². The summed E-state index contributed by atoms with van der Waals surface area (Å²) in [5.74, 6) is -0.561. The highest BCUT2D eigenvalue weighted by Gasteiger charge is 2.15. The molecule has 0 saturated heterocycles. The van der Waals surface area contributed by atoms with Crippen LogP contribution in [-0.2, 0) is 6.54 Å². The smallest absolute Gasteiger partial charge is 0.309 e. The van der Waals surface area contributed by atoms with Crippen molar-refractivity contribution in [2.24, 2.45) is 0 Å². The molecule has 3 aromatic rings. The van der Waals surface area contributed by atoms with Crippen molar-refractivity contribution < 1.29 is 13.6 Å². The maximum atomic E-state index is 12.8. The lowest BCUT2D eigenvalue weighted by molar-refractivity contribution is 0.0917. The van der Waals surface area contributed by atoms with Gasteiger partial charge < -0.3 is 9.73 Å². The predicted molar refractivity (Wildman–Crippen MR) is 75.2 cm³/mol. The molecule has 0 aliphatic heterocycles. The Morgan fingerprint density at radius 3 is 2.76 bits per heavy atom. The Morgan fingerprint density at radius 2 is 2.05 bits per heavy atom. The molecule has 1 N–H and O–H groups in total. The number of rotatable bonds is 4. The van der Waals surface area contributed by atoms with Gasteiger partial charge in [-0.05, 0) is 29.1 Å². The van der Waals surface area contributed by atoms with E-state index in [0.29, 0.717) is 5.89 Å². The van der Waals surface area contributed by atoms with Gasteiger partial charge in [-0.2, -0.15) is 0 Å². The molecule has 0 fully saturated rings. The fourth-order valence-corrected chi connectivity index (χ4v) is 2.32. The van der Waals surface area contributed by atoms with Gasteiger partial charge in [-0.1, -0.05) is 18.2 Å². The number of hydrogen-bond acceptors (Lipinski definition) is 5. The van der Waals surface area contributed by atoms with Crippen LogP contribution >= 0.6 is 11.3 Å². The molecule has 0 atom stereocenters. The molecular formula is C14H10FN3O2S. The van der Waals surface area contributed by atoms with E-state index in [1.807, 2.05) is 17.5 Å². The highest BCUT2D eigenvalue weighted by Crippen LogP contribution is 2.22. The topological polar surface area (TPSA) is 68.0 Å². The van der Waals surface area contributed by atoms with Crippen molar-refractivity contribution in [2.45, 2.75) is 6.54 Å². The van der Waals surface area contributed by atoms with Crippen molar-refractivity contribution in [3.05, 3.63) is 59.0 Å². The van der Waals surface area contributed by atoms with Crippen LogP contribution in [0.1, 0.15) is 16.2 Å². The van der Waals surface area contributed by atoms with Gasteiger partial charge in [0.15, 0.2) is 0 Å². The van der Waals surface area contributed by atoms with Gasteiger partial charge in [0.25, 0.3) is 5.89 Å². The Kier molecular flexibility index (Phi) is 3.74. The van der Waals surface area contributed by atoms with Gasteiger partial charge >= 0.3 is 11.8 Å². The number of nitrogens with one attached hydrogen (secondary N) is 1. The van der Waals surface area contributed by atoms with Crippen LogP contribution in [0.15, 0.2) is 46.2 Å². The minimum Gasteiger partial charge on any atom is -0.411 e. The molecule has 0 aliphatic carbocycles. The zero-order valence-corrected chi connectivity index (χ0v) is 11.6. The molecular weight excluding hydrogens is 293 g/mol. The zero-order valence-electron chi connectivity index (χ0n) is 10.7. The van der Waals surface area contributed by atoms with E-state index >= 15 is 0 Å². The first-order valence-electron chi connectivity index (χ1n) is 6.12. The molecule has 0 bridgehead atoms. The number of hydrogen-bond donors (Lipinski definition) is 1. The molecule has 3 rings (SSSR count). The van der Waals surface area contributed by atoms with E-state index in [4.69, 9.17) is 4.42 Å². The van der Waals surface area contributed by atoms with Gasteiger partial charge in [-0.25, -0.2) is 4.39 Å². The normalized spacial score (nSPS) is 10.5. The summed E-state index contributed by atoms with van der Waals surface area (Å²) in [4.78, 5) is 12.7. The molecule has 1 aromatic carbocycles. The lowest BCUT2D eigenvalue weighted by Crippen LogP contribution is -2.23. The average molecular weight is 303 g/mol. The molecule has 0 aliphatic rings. The number of carbonyl (C=O) groups is 1. The Bertz CT molecular complexity index is 738. The van der Waals surface area contributed by atoms with E-state index in [-0.39, 0.29) is 18.3 Å². The van der Waals surface area contributed by atoms with Crippen molar-refractivity contribution in [1.82, 2.24) is 15.5 Å². The van der Waals surface area contributed by atoms with Gasteiger partial charge in [0.05, 0.1) is 4.88 Å². The minimum atomic E-state index is -0.463. The Hall–Kier alpha value is -2.54. The fourth-order valence-electron chi connectivity index (χ4n) is 1.68. The summed E-state index contributed by atoms with van der Waals surface area (Å²) in [6, 6.07) is 9.56. The van der Waals surface area contributed by atoms with E-state index < -0.39 is 5.91 Å². The number of nitrogens with zero attached hydrogens (tertiary/aromatic N) is 2. The Balaban J connectivity index is 1.64. The molecule has 106 valence electrons. The molecule has 2 heterocycles. The SMILES string of the molecule is O=C(NCc1ccc(F)cc1)c1nnc(-c2cccs2)o1. The lowest BCUT2D eigenvalue weighted by Gasteiger charge is -2.02. The molecule has 0 radical (unpaired) electrons. The Morgan fingerprint density at radius 1 is 1.24 bits per heavy atom. The van der Waals surface area contributed by atoms with Gasteiger partial charge in [-0.3, -0.25) is 4.79 Å². The lowest BCUT2D eigenvalue weighted by atomic mass is 10.2. The number of carbonyl (C=O) groups excluding carboxylic acids is 1. The summed E-state index contributed by atoms with van der Waals surface area (Å²) in [6.07, 6.45) is 0. The summed E-state index contributed by atoms with van der Waals surface area (Å²) in [5, 5.41) is 12.1. The van der Waals surface area contributed by atoms with Crippen molar-refractivity contribution >= 4 is 17.2 Å². The van der Waals surface area contributed by atoms with E-state index in [1.54, 1.807) is 12.1 Å². The minimum absolute atomic E-state index is 0.0967. The average Bonchev–Trinajstić information content (AvgIpc) is 3.17. The zero-order chi connectivity index (χ0) is 14.7. The second kappa shape index (κ2) is 5.84. The van der Waals surface area contributed by atoms with Crippen LogP contribution in [0, 0.1) is 5.82 Å². The quantitative estimate of drug-likeness (QED) is 0.804. The van der Waals surface area contributed by atoms with E-state index in [1.165, 1.54) is 23.5 Å². The van der Waals surface area contributed by atoms with E-state index in [9.17, 15) is 9.18 Å². The third-order valence-corrected chi connectivity index (χ3v) is 3.58. The summed E-state index contributed by atoms with van der Waals surface area (Å²) >= 11 is 1.45. The second-order valence-electron chi connectivity index (χ2n) is 4.20. The number of thiophene rings is 1. The van der Waals surface area contributed by atoms with Crippen LogP contribution in [0.2, 0.25) is 0 Å². The third-order valence-electron chi connectivity index (χ3n) is 2.72. The third kappa shape index (κ3) is 3.14. The fraction of sp³-hybridized carbons (Fsp3) is 0.0714. The van der Waals surface area contributed by atoms with Gasteiger partial charge in [0.2, 0.25) is 0 Å². The maximum Gasteiger partial charge on any atom is 0.309 e. The second-order valence-corrected chi connectivity index (χ2v) is 5.15. The summed E-state index contributed by atoms with van der Waals surface area (Å²) in [6.45, 7) is 0.260. The van der Waals surface area contributed by atoms with Crippen LogP contribution in [0.5, 0.6) is 0 Å². The Labute approximate surface area is 123 Å². The molecule has 5 nitrogen and oxygen atoms in total. The maximum absolute atomic E-state index is 12.8. The monoisotopic (exact) mass is 303 g/mol. The van der Waals surface area contributed by atoms with Crippen LogP contribution in [0.4, 0.5) is 4.39 Å². The van der Waals surface area contributed by atoms with E-state index in [2.05, 4.69) is 15.5 Å². The van der Waals surface area contributed by atoms with Crippen molar-refractivity contribution in [3.8, 4) is 10.8 Å². The summed E-state index contributed by atoms with van der Waals surface area (Å²) in [5.41, 5.74) is 0.780. The van der Waals surface area contributed by atoms with Crippen molar-refractivity contribution in [3.63, 3.8) is 0 Å². The van der Waals surface area contributed by atoms with E-state index in [0.717, 1.165) is 10.4 Å². The molecule has 2 aromatic heterocycles. The predicted octanol–water partition coefficient (Wildman–Crippen LogP) is 2.87. The molecule has 7 heteroatoms. The van der Waals surface area contributed by atoms with Crippen LogP contribution in [0.25, 0.3) is 10.8 Å². The molecule has 0 spiro atoms. The summed E-state index contributed by atoms with van der Waals surface area (Å²) < 4.78 is 18.1. The van der Waals surface area contributed by atoms with Crippen LogP contribution in [0.3, 0.4) is 0 Å². The van der Waals surface area contributed by atoms with Gasteiger partial charge in [0.1, 0.15) is 5.82 Å². The highest BCUT2D eigenvalue weighted by atomic mass is 32.1. The largest absolute Gasteiger partial charge is 0.411 e. The van der Waals surface area contributed by atoms with Crippen molar-refractivity contribution in [2.75, 3.05) is 0 Å². The number of halogens is 1. The standard InChI is InChI=1S/C14H10FN3O2S/c15-10-5-3-9(4-6-10)8-16-12(19)14-18-17-13(20-14)11-2-1-7-21-11/h1-7H,8H2,(H,16,19). The molecule has 0 unspecified atom stereocenters. The number of aromatic nitrogens is 2. The molecule has 21 heavy (non-hydrogen) atoms. The number of benzene rings is 1. The first kappa shape index (κ1) is 13.4. The first-order chi connectivity index (χ1) is 10.2. The molecule has 0 saturated carbocycles. The van der Waals surface area contributed by atoms with Gasteiger partial charge in [-0.15, -0.1) is 21.5 Å². The highest BCUT2D eigenvalue weighted by molar-refractivity contribution is 7.13. The first-order valence-corrected chi connectivity index (χ1v) is 7.00. The number of amides is 1. The summed E-state index contributed by atoms with van der Waals surface area (Å²) in [7, 11) is 0. The van der Waals surface area contributed by atoms with Gasteiger partial charge in [0, 0.05) is 6.54 Å². The van der Waals surface area contributed by atoms with Crippen LogP contribution in [-0.4, -0.2) is 16.1 Å². The van der Waals surface area contributed by atoms with Crippen LogP contribution < -0.4 is 5.32 Å².